The Kier molecular flexibility index (Phi) is 8.99. The van der Waals surface area contributed by atoms with Crippen molar-refractivity contribution in [3.63, 3.8) is 0 Å². The molecule has 6 heteroatoms. The third-order valence-electron chi connectivity index (χ3n) is 5.84. The Morgan fingerprint density at radius 3 is 2.43 bits per heavy atom. The quantitative estimate of drug-likeness (QED) is 0.202. The number of fused-ring (bicyclic) bond motifs is 2. The van der Waals surface area contributed by atoms with Crippen LogP contribution in [0.25, 0.3) is 33.4 Å². The predicted octanol–water partition coefficient (Wildman–Crippen LogP) is 4.98. The average molecular weight is 492 g/mol. The van der Waals surface area contributed by atoms with E-state index in [9.17, 15) is 4.79 Å². The lowest BCUT2D eigenvalue weighted by Gasteiger charge is -2.19. The van der Waals surface area contributed by atoms with Crippen LogP contribution in [-0.2, 0) is 4.74 Å². The lowest BCUT2D eigenvalue weighted by molar-refractivity contribution is -0.496. The molecule has 0 aromatic heterocycles. The molecule has 1 heterocycles. The fourth-order valence-electron chi connectivity index (χ4n) is 4.34. The van der Waals surface area contributed by atoms with Crippen molar-refractivity contribution in [2.24, 2.45) is 0 Å². The standard InChI is InChI=1S/C28H30N2O3.CH4S/c1-6-29-23-15-25-21(13-17(23)4)27(19-11-9-10-12-20(19)28(31)32-8-3)22-14-18(5)24(30-7-2)16-26(22)33-25;1-2/h9-16,29H,6-8H2,1-5H3;2H,1H3/p+1. The zero-order valence-corrected chi connectivity index (χ0v) is 22.3. The van der Waals surface area contributed by atoms with E-state index in [0.29, 0.717) is 12.2 Å². The molecular formula is C29H35N2O3S+. The summed E-state index contributed by atoms with van der Waals surface area (Å²) in [6.45, 7) is 12.1. The molecule has 1 aliphatic carbocycles. The minimum atomic E-state index is -0.322. The molecule has 2 aliphatic rings. The number of benzene rings is 3. The van der Waals surface area contributed by atoms with Gasteiger partial charge in [-0.3, -0.25) is 0 Å². The van der Waals surface area contributed by atoms with Gasteiger partial charge in [-0.15, -0.1) is 0 Å². The number of thiol groups is 1. The number of nitrogens with one attached hydrogen (secondary N) is 2. The highest BCUT2D eigenvalue weighted by atomic mass is 32.1. The molecule has 4 rings (SSSR count). The van der Waals surface area contributed by atoms with E-state index in [0.717, 1.165) is 68.7 Å². The number of anilines is 1. The normalized spacial score (nSPS) is 11.3. The number of ether oxygens (including phenoxy) is 1. The Morgan fingerprint density at radius 1 is 1.00 bits per heavy atom. The third-order valence-corrected chi connectivity index (χ3v) is 5.84. The second-order valence-corrected chi connectivity index (χ2v) is 8.13. The fourth-order valence-corrected chi connectivity index (χ4v) is 4.34. The summed E-state index contributed by atoms with van der Waals surface area (Å²) in [5.74, 6) is 0.446. The number of hydrogen-bond acceptors (Lipinski definition) is 5. The molecule has 1 aliphatic heterocycles. The predicted molar refractivity (Wildman–Crippen MR) is 147 cm³/mol. The van der Waals surface area contributed by atoms with Crippen molar-refractivity contribution in [2.75, 3.05) is 31.3 Å². The van der Waals surface area contributed by atoms with Crippen LogP contribution < -0.4 is 15.7 Å². The van der Waals surface area contributed by atoms with Crippen LogP contribution in [0.2, 0.25) is 0 Å². The molecule has 0 bridgehead atoms. The van der Waals surface area contributed by atoms with E-state index in [1.54, 1.807) is 6.26 Å². The van der Waals surface area contributed by atoms with Crippen LogP contribution in [0.15, 0.2) is 52.9 Å². The van der Waals surface area contributed by atoms with Gasteiger partial charge in [0.15, 0.2) is 0 Å². The highest BCUT2D eigenvalue weighted by Crippen LogP contribution is 2.42. The van der Waals surface area contributed by atoms with E-state index in [1.807, 2.05) is 31.2 Å². The van der Waals surface area contributed by atoms with Gasteiger partial charge in [0.05, 0.1) is 18.2 Å². The molecule has 2 N–H and O–H groups in total. The van der Waals surface area contributed by atoms with Gasteiger partial charge in [0, 0.05) is 40.4 Å². The van der Waals surface area contributed by atoms with E-state index in [4.69, 9.17) is 9.15 Å². The zero-order valence-electron chi connectivity index (χ0n) is 21.4. The van der Waals surface area contributed by atoms with Crippen molar-refractivity contribution in [3.05, 3.63) is 70.6 Å². The maximum absolute atomic E-state index is 12.9. The topological polar surface area (TPSA) is 65.4 Å². The molecular weight excluding hydrogens is 456 g/mol. The van der Waals surface area contributed by atoms with Crippen LogP contribution in [-0.4, -0.2) is 31.9 Å². The summed E-state index contributed by atoms with van der Waals surface area (Å²) >= 11 is 3.53. The highest BCUT2D eigenvalue weighted by Gasteiger charge is 2.23. The lowest BCUT2D eigenvalue weighted by atomic mass is 9.89. The third kappa shape index (κ3) is 5.38. The van der Waals surface area contributed by atoms with Crippen molar-refractivity contribution in [2.45, 2.75) is 34.6 Å². The summed E-state index contributed by atoms with van der Waals surface area (Å²) in [6, 6.07) is 16.0. The Balaban J connectivity index is 0.00000167. The van der Waals surface area contributed by atoms with E-state index < -0.39 is 0 Å². The number of esters is 1. The minimum absolute atomic E-state index is 0.322. The van der Waals surface area contributed by atoms with Crippen LogP contribution in [0.5, 0.6) is 0 Å². The number of carbonyl (C=O) groups excluding carboxylic acids is 1. The second-order valence-electron chi connectivity index (χ2n) is 8.13. The lowest BCUT2D eigenvalue weighted by Crippen LogP contribution is -2.76. The van der Waals surface area contributed by atoms with E-state index in [1.165, 1.54) is 0 Å². The van der Waals surface area contributed by atoms with Gasteiger partial charge in [0.25, 0.3) is 0 Å². The maximum Gasteiger partial charge on any atom is 0.338 e. The largest absolute Gasteiger partial charge is 0.462 e. The summed E-state index contributed by atoms with van der Waals surface area (Å²) < 4.78 is 11.8. The first kappa shape index (κ1) is 26.4. The smallest absolute Gasteiger partial charge is 0.338 e. The second kappa shape index (κ2) is 11.9. The molecule has 184 valence electrons. The molecule has 0 atom stereocenters. The van der Waals surface area contributed by atoms with Gasteiger partial charge < -0.3 is 14.5 Å². The number of rotatable bonds is 6. The molecule has 0 fully saturated rings. The minimum Gasteiger partial charge on any atom is -0.462 e. The maximum atomic E-state index is 12.9. The monoisotopic (exact) mass is 491 g/mol. The Bertz CT molecular complexity index is 1370. The summed E-state index contributed by atoms with van der Waals surface area (Å²) in [4.78, 5) is 16.3. The van der Waals surface area contributed by atoms with Crippen molar-refractivity contribution in [3.8, 4) is 22.5 Å². The van der Waals surface area contributed by atoms with Crippen LogP contribution in [0, 0.1) is 13.8 Å². The van der Waals surface area contributed by atoms with Gasteiger partial charge in [-0.25, -0.2) is 9.79 Å². The molecule has 0 saturated carbocycles. The first-order valence-corrected chi connectivity index (χ1v) is 12.9. The summed E-state index contributed by atoms with van der Waals surface area (Å²) in [7, 11) is 0. The van der Waals surface area contributed by atoms with E-state index in [2.05, 4.69) is 74.9 Å². The van der Waals surface area contributed by atoms with Gasteiger partial charge in [-0.05, 0) is 70.2 Å². The molecule has 5 nitrogen and oxygen atoms in total. The van der Waals surface area contributed by atoms with Crippen molar-refractivity contribution < 1.29 is 18.9 Å². The van der Waals surface area contributed by atoms with Crippen LogP contribution in [0.3, 0.4) is 0 Å². The Morgan fingerprint density at radius 2 is 1.74 bits per heavy atom. The molecule has 2 aromatic carbocycles. The molecule has 35 heavy (non-hydrogen) atoms. The molecule has 0 spiro atoms. The SMILES string of the molecule is CCNc1cc2oc3cc(=[NH+]CC)c(C)cc-3c(-c3ccccc3C(=O)OCC)c2cc1C.CS. The van der Waals surface area contributed by atoms with Gasteiger partial charge in [-0.1, -0.05) is 18.2 Å². The first-order valence-electron chi connectivity index (χ1n) is 12.0. The van der Waals surface area contributed by atoms with Crippen LogP contribution in [0.4, 0.5) is 5.69 Å². The fraction of sp³-hybridized carbons (Fsp3) is 0.310. The summed E-state index contributed by atoms with van der Waals surface area (Å²) in [5.41, 5.74) is 7.38. The highest BCUT2D eigenvalue weighted by molar-refractivity contribution is 7.79. The summed E-state index contributed by atoms with van der Waals surface area (Å²) in [5, 5.41) is 5.42. The average Bonchev–Trinajstić information content (AvgIpc) is 2.86. The molecule has 0 saturated heterocycles. The van der Waals surface area contributed by atoms with Crippen molar-refractivity contribution in [1.29, 1.82) is 0 Å². The Labute approximate surface area is 213 Å². The van der Waals surface area contributed by atoms with E-state index in [-0.39, 0.29) is 5.97 Å². The molecule has 0 amide bonds. The first-order chi connectivity index (χ1) is 17.0. The van der Waals surface area contributed by atoms with Crippen LogP contribution >= 0.6 is 12.6 Å². The van der Waals surface area contributed by atoms with Crippen molar-refractivity contribution >= 4 is 35.3 Å². The van der Waals surface area contributed by atoms with E-state index >= 15 is 0 Å². The molecule has 2 aromatic rings. The van der Waals surface area contributed by atoms with Gasteiger partial charge in [0.2, 0.25) is 5.36 Å². The molecule has 0 unspecified atom stereocenters. The van der Waals surface area contributed by atoms with Gasteiger partial charge in [0.1, 0.15) is 17.9 Å². The summed E-state index contributed by atoms with van der Waals surface area (Å²) in [6.07, 6.45) is 1.69. The van der Waals surface area contributed by atoms with Crippen molar-refractivity contribution in [1.82, 2.24) is 0 Å². The Hall–Kier alpha value is -3.25. The number of aryl methyl sites for hydroxylation is 2. The van der Waals surface area contributed by atoms with Gasteiger partial charge >= 0.3 is 5.97 Å². The number of carbonyl (C=O) groups is 1. The van der Waals surface area contributed by atoms with Crippen LogP contribution in [0.1, 0.15) is 42.3 Å². The molecule has 0 radical (unpaired) electrons. The number of hydrogen-bond donors (Lipinski definition) is 3. The zero-order chi connectivity index (χ0) is 25.5. The van der Waals surface area contributed by atoms with Gasteiger partial charge in [-0.2, -0.15) is 12.6 Å².